The van der Waals surface area contributed by atoms with Crippen molar-refractivity contribution in [3.63, 3.8) is 0 Å². The lowest BCUT2D eigenvalue weighted by Crippen LogP contribution is -2.13. The Morgan fingerprint density at radius 2 is 1.90 bits per heavy atom. The Kier molecular flexibility index (Phi) is 3.42. The highest BCUT2D eigenvalue weighted by Crippen LogP contribution is 2.26. The minimum absolute atomic E-state index is 0.139. The summed E-state index contributed by atoms with van der Waals surface area (Å²) in [6.07, 6.45) is 3.46. The highest BCUT2D eigenvalue weighted by Gasteiger charge is 2.14. The molecule has 0 fully saturated rings. The van der Waals surface area contributed by atoms with Gasteiger partial charge in [0.1, 0.15) is 5.75 Å². The molecule has 0 radical (unpaired) electrons. The summed E-state index contributed by atoms with van der Waals surface area (Å²) >= 11 is 0. The van der Waals surface area contributed by atoms with E-state index in [1.807, 2.05) is 18.2 Å². The average molecular weight is 267 g/mol. The summed E-state index contributed by atoms with van der Waals surface area (Å²) in [7, 11) is 1.57. The van der Waals surface area contributed by atoms with Crippen LogP contribution in [-0.2, 0) is 12.8 Å². The van der Waals surface area contributed by atoms with Crippen molar-refractivity contribution in [1.29, 1.82) is 0 Å². The summed E-state index contributed by atoms with van der Waals surface area (Å²) in [5, 5.41) is 2.94. The normalized spacial score (nSPS) is 12.8. The van der Waals surface area contributed by atoms with Crippen molar-refractivity contribution in [2.45, 2.75) is 19.3 Å². The Balaban J connectivity index is 1.82. The van der Waals surface area contributed by atoms with Crippen LogP contribution in [0.5, 0.6) is 5.75 Å². The van der Waals surface area contributed by atoms with E-state index in [1.54, 1.807) is 19.2 Å². The van der Waals surface area contributed by atoms with Gasteiger partial charge in [-0.2, -0.15) is 0 Å². The lowest BCUT2D eigenvalue weighted by molar-refractivity contribution is 0.102. The smallest absolute Gasteiger partial charge is 0.259 e. The number of rotatable bonds is 3. The summed E-state index contributed by atoms with van der Waals surface area (Å²) in [5.74, 6) is 0.451. The molecule has 0 spiro atoms. The van der Waals surface area contributed by atoms with Crippen LogP contribution in [0.15, 0.2) is 42.5 Å². The molecule has 0 bridgehead atoms. The summed E-state index contributed by atoms with van der Waals surface area (Å²) in [4.78, 5) is 12.3. The van der Waals surface area contributed by atoms with Crippen LogP contribution < -0.4 is 10.1 Å². The fourth-order valence-corrected chi connectivity index (χ4v) is 2.68. The molecule has 102 valence electrons. The monoisotopic (exact) mass is 267 g/mol. The third-order valence-corrected chi connectivity index (χ3v) is 3.71. The Bertz CT molecular complexity index is 649. The molecule has 1 aliphatic rings. The van der Waals surface area contributed by atoms with E-state index in [9.17, 15) is 4.79 Å². The van der Waals surface area contributed by atoms with Crippen LogP contribution in [0.4, 0.5) is 5.69 Å². The van der Waals surface area contributed by atoms with E-state index in [1.165, 1.54) is 17.5 Å². The number of para-hydroxylation sites is 1. The number of amides is 1. The second-order valence-corrected chi connectivity index (χ2v) is 4.99. The SMILES string of the molecule is COc1ccccc1C(=O)Nc1ccc2c(c1)CCC2. The van der Waals surface area contributed by atoms with Crippen LogP contribution in [0.25, 0.3) is 0 Å². The molecular weight excluding hydrogens is 250 g/mol. The summed E-state index contributed by atoms with van der Waals surface area (Å²) in [6, 6.07) is 13.4. The molecular formula is C17H17NO2. The maximum absolute atomic E-state index is 12.3. The molecule has 1 aliphatic carbocycles. The van der Waals surface area contributed by atoms with Gasteiger partial charge in [0.2, 0.25) is 0 Å². The van der Waals surface area contributed by atoms with Crippen molar-refractivity contribution in [3.8, 4) is 5.75 Å². The summed E-state index contributed by atoms with van der Waals surface area (Å²) in [6.45, 7) is 0. The van der Waals surface area contributed by atoms with Crippen LogP contribution >= 0.6 is 0 Å². The van der Waals surface area contributed by atoms with E-state index >= 15 is 0 Å². The zero-order valence-corrected chi connectivity index (χ0v) is 11.5. The molecule has 1 amide bonds. The molecule has 0 aromatic heterocycles. The number of anilines is 1. The van der Waals surface area contributed by atoms with Crippen molar-refractivity contribution in [1.82, 2.24) is 0 Å². The quantitative estimate of drug-likeness (QED) is 0.925. The maximum atomic E-state index is 12.3. The number of ether oxygens (including phenoxy) is 1. The first kappa shape index (κ1) is 12.7. The fourth-order valence-electron chi connectivity index (χ4n) is 2.68. The third kappa shape index (κ3) is 2.39. The van der Waals surface area contributed by atoms with Gasteiger partial charge >= 0.3 is 0 Å². The molecule has 20 heavy (non-hydrogen) atoms. The Hall–Kier alpha value is -2.29. The van der Waals surface area contributed by atoms with Crippen molar-refractivity contribution >= 4 is 11.6 Å². The first-order valence-electron chi connectivity index (χ1n) is 6.84. The van der Waals surface area contributed by atoms with Crippen LogP contribution in [0.2, 0.25) is 0 Å². The van der Waals surface area contributed by atoms with Crippen molar-refractivity contribution in [3.05, 3.63) is 59.2 Å². The number of aryl methyl sites for hydroxylation is 2. The topological polar surface area (TPSA) is 38.3 Å². The minimum atomic E-state index is -0.139. The van der Waals surface area contributed by atoms with Gasteiger partial charge in [-0.05, 0) is 54.7 Å². The van der Waals surface area contributed by atoms with Gasteiger partial charge < -0.3 is 10.1 Å². The number of hydrogen-bond donors (Lipinski definition) is 1. The molecule has 0 aliphatic heterocycles. The zero-order valence-electron chi connectivity index (χ0n) is 11.5. The van der Waals surface area contributed by atoms with E-state index in [0.29, 0.717) is 11.3 Å². The van der Waals surface area contributed by atoms with Gasteiger partial charge in [-0.25, -0.2) is 0 Å². The van der Waals surface area contributed by atoms with Gasteiger partial charge in [-0.3, -0.25) is 4.79 Å². The first-order chi connectivity index (χ1) is 9.78. The predicted octanol–water partition coefficient (Wildman–Crippen LogP) is 3.44. The fraction of sp³-hybridized carbons (Fsp3) is 0.235. The third-order valence-electron chi connectivity index (χ3n) is 3.71. The molecule has 2 aromatic rings. The standard InChI is InChI=1S/C17H17NO2/c1-20-16-8-3-2-7-15(16)17(19)18-14-10-9-12-5-4-6-13(12)11-14/h2-3,7-11H,4-6H2,1H3,(H,18,19). The second kappa shape index (κ2) is 5.37. The molecule has 0 unspecified atom stereocenters. The minimum Gasteiger partial charge on any atom is -0.496 e. The van der Waals surface area contributed by atoms with E-state index in [2.05, 4.69) is 17.4 Å². The van der Waals surface area contributed by atoms with Gasteiger partial charge in [0, 0.05) is 5.69 Å². The summed E-state index contributed by atoms with van der Waals surface area (Å²) < 4.78 is 5.22. The average Bonchev–Trinajstić information content (AvgIpc) is 2.94. The van der Waals surface area contributed by atoms with E-state index in [4.69, 9.17) is 4.74 Å². The van der Waals surface area contributed by atoms with Crippen LogP contribution in [0, 0.1) is 0 Å². The zero-order chi connectivity index (χ0) is 13.9. The molecule has 0 saturated carbocycles. The second-order valence-electron chi connectivity index (χ2n) is 4.99. The van der Waals surface area contributed by atoms with Crippen molar-refractivity contribution in [2.75, 3.05) is 12.4 Å². The predicted molar refractivity (Wildman–Crippen MR) is 79.4 cm³/mol. The molecule has 0 saturated heterocycles. The van der Waals surface area contributed by atoms with Crippen molar-refractivity contribution < 1.29 is 9.53 Å². The number of carbonyl (C=O) groups excluding carboxylic acids is 1. The largest absolute Gasteiger partial charge is 0.496 e. The van der Waals surface area contributed by atoms with Crippen LogP contribution in [0.3, 0.4) is 0 Å². The maximum Gasteiger partial charge on any atom is 0.259 e. The summed E-state index contributed by atoms with van der Waals surface area (Å²) in [5.41, 5.74) is 4.15. The van der Waals surface area contributed by atoms with Crippen LogP contribution in [-0.4, -0.2) is 13.0 Å². The number of methoxy groups -OCH3 is 1. The Morgan fingerprint density at radius 3 is 2.75 bits per heavy atom. The molecule has 0 atom stereocenters. The highest BCUT2D eigenvalue weighted by molar-refractivity contribution is 6.06. The van der Waals surface area contributed by atoms with Crippen LogP contribution in [0.1, 0.15) is 27.9 Å². The number of benzene rings is 2. The van der Waals surface area contributed by atoms with E-state index < -0.39 is 0 Å². The van der Waals surface area contributed by atoms with E-state index in [-0.39, 0.29) is 5.91 Å². The van der Waals surface area contributed by atoms with E-state index in [0.717, 1.165) is 18.5 Å². The number of carbonyl (C=O) groups is 1. The number of hydrogen-bond acceptors (Lipinski definition) is 2. The molecule has 3 rings (SSSR count). The lowest BCUT2D eigenvalue weighted by Gasteiger charge is -2.10. The molecule has 2 aromatic carbocycles. The molecule has 3 heteroatoms. The lowest BCUT2D eigenvalue weighted by atomic mass is 10.1. The van der Waals surface area contributed by atoms with Gasteiger partial charge in [0.05, 0.1) is 12.7 Å². The molecule has 1 N–H and O–H groups in total. The van der Waals surface area contributed by atoms with Gasteiger partial charge in [-0.15, -0.1) is 0 Å². The van der Waals surface area contributed by atoms with Crippen molar-refractivity contribution in [2.24, 2.45) is 0 Å². The Morgan fingerprint density at radius 1 is 1.10 bits per heavy atom. The van der Waals surface area contributed by atoms with Gasteiger partial charge in [0.25, 0.3) is 5.91 Å². The number of nitrogens with one attached hydrogen (secondary N) is 1. The van der Waals surface area contributed by atoms with Gasteiger partial charge in [0.15, 0.2) is 0 Å². The number of fused-ring (bicyclic) bond motifs is 1. The molecule has 0 heterocycles. The Labute approximate surface area is 118 Å². The highest BCUT2D eigenvalue weighted by atomic mass is 16.5. The van der Waals surface area contributed by atoms with Gasteiger partial charge in [-0.1, -0.05) is 18.2 Å². The molecule has 3 nitrogen and oxygen atoms in total. The first-order valence-corrected chi connectivity index (χ1v) is 6.84.